The molecule has 2 rings (SSSR count). The fourth-order valence-corrected chi connectivity index (χ4v) is 1.58. The topological polar surface area (TPSA) is 81.0 Å². The number of benzene rings is 1. The van der Waals surface area contributed by atoms with Crippen molar-refractivity contribution in [1.29, 1.82) is 0 Å². The first-order chi connectivity index (χ1) is 8.20. The molecule has 0 aliphatic heterocycles. The number of H-pyrrole nitrogens is 1. The molecule has 1 heterocycles. The van der Waals surface area contributed by atoms with Crippen molar-refractivity contribution in [1.82, 2.24) is 9.97 Å². The molecule has 0 saturated carbocycles. The number of nitrogens with one attached hydrogen (secondary N) is 1. The van der Waals surface area contributed by atoms with E-state index < -0.39 is 0 Å². The Labute approximate surface area is 106 Å². The van der Waals surface area contributed by atoms with Crippen LogP contribution in [0, 0.1) is 0 Å². The van der Waals surface area contributed by atoms with Gasteiger partial charge in [0.25, 0.3) is 5.56 Å². The van der Waals surface area contributed by atoms with Crippen LogP contribution in [0.2, 0.25) is 0 Å². The number of ether oxygens (including phenoxy) is 1. The Bertz CT molecular complexity index is 583. The number of halogens is 1. The third-order valence-electron chi connectivity index (χ3n) is 2.11. The SMILES string of the molecule is NCc1cccc(Oc2nc[nH]c(=O)c2Br)c1. The standard InChI is InChI=1S/C11H10BrN3O2/c12-9-10(16)14-6-15-11(9)17-8-3-1-2-7(4-8)5-13/h1-4,6H,5,13H2,(H,14,15,16). The van der Waals surface area contributed by atoms with Crippen molar-refractivity contribution in [2.45, 2.75) is 6.54 Å². The zero-order valence-corrected chi connectivity index (χ0v) is 10.4. The molecule has 2 aromatic rings. The average molecular weight is 296 g/mol. The predicted octanol–water partition coefficient (Wildman–Crippen LogP) is 1.78. The Balaban J connectivity index is 2.31. The van der Waals surface area contributed by atoms with Gasteiger partial charge in [0.15, 0.2) is 0 Å². The minimum absolute atomic E-state index is 0.225. The Kier molecular flexibility index (Phi) is 3.55. The second-order valence-corrected chi connectivity index (χ2v) is 4.10. The Morgan fingerprint density at radius 2 is 2.29 bits per heavy atom. The zero-order valence-electron chi connectivity index (χ0n) is 8.81. The highest BCUT2D eigenvalue weighted by Crippen LogP contribution is 2.24. The minimum Gasteiger partial charge on any atom is -0.438 e. The van der Waals surface area contributed by atoms with Gasteiger partial charge in [0.2, 0.25) is 5.88 Å². The third kappa shape index (κ3) is 2.72. The van der Waals surface area contributed by atoms with Gasteiger partial charge in [-0.15, -0.1) is 0 Å². The summed E-state index contributed by atoms with van der Waals surface area (Å²) in [6.07, 6.45) is 1.29. The van der Waals surface area contributed by atoms with E-state index in [2.05, 4.69) is 25.9 Å². The van der Waals surface area contributed by atoms with E-state index in [-0.39, 0.29) is 15.9 Å². The Morgan fingerprint density at radius 1 is 1.47 bits per heavy atom. The second kappa shape index (κ2) is 5.11. The van der Waals surface area contributed by atoms with E-state index in [1.165, 1.54) is 6.33 Å². The lowest BCUT2D eigenvalue weighted by molar-refractivity contribution is 0.456. The maximum Gasteiger partial charge on any atom is 0.268 e. The molecule has 0 atom stereocenters. The lowest BCUT2D eigenvalue weighted by atomic mass is 10.2. The molecule has 0 radical (unpaired) electrons. The van der Waals surface area contributed by atoms with E-state index in [0.29, 0.717) is 12.3 Å². The first-order valence-electron chi connectivity index (χ1n) is 4.91. The molecule has 88 valence electrons. The molecule has 3 N–H and O–H groups in total. The summed E-state index contributed by atoms with van der Waals surface area (Å²) < 4.78 is 5.76. The summed E-state index contributed by atoms with van der Waals surface area (Å²) in [5, 5.41) is 0. The molecule has 0 fully saturated rings. The summed E-state index contributed by atoms with van der Waals surface area (Å²) in [5.74, 6) is 0.815. The molecular formula is C11H10BrN3O2. The highest BCUT2D eigenvalue weighted by atomic mass is 79.9. The monoisotopic (exact) mass is 295 g/mol. The van der Waals surface area contributed by atoms with Gasteiger partial charge in [-0.1, -0.05) is 12.1 Å². The quantitative estimate of drug-likeness (QED) is 0.904. The van der Waals surface area contributed by atoms with Gasteiger partial charge in [-0.05, 0) is 33.6 Å². The van der Waals surface area contributed by atoms with E-state index in [0.717, 1.165) is 5.56 Å². The zero-order chi connectivity index (χ0) is 12.3. The fraction of sp³-hybridized carbons (Fsp3) is 0.0909. The van der Waals surface area contributed by atoms with E-state index in [4.69, 9.17) is 10.5 Å². The molecular weight excluding hydrogens is 286 g/mol. The molecule has 17 heavy (non-hydrogen) atoms. The summed E-state index contributed by atoms with van der Waals surface area (Å²) in [5.41, 5.74) is 6.19. The largest absolute Gasteiger partial charge is 0.438 e. The van der Waals surface area contributed by atoms with Gasteiger partial charge in [-0.25, -0.2) is 4.98 Å². The van der Waals surface area contributed by atoms with Crippen LogP contribution < -0.4 is 16.0 Å². The minimum atomic E-state index is -0.287. The van der Waals surface area contributed by atoms with Crippen LogP contribution in [0.3, 0.4) is 0 Å². The summed E-state index contributed by atoms with van der Waals surface area (Å²) >= 11 is 3.12. The maximum atomic E-state index is 11.3. The van der Waals surface area contributed by atoms with Crippen LogP contribution in [0.4, 0.5) is 0 Å². The fourth-order valence-electron chi connectivity index (χ4n) is 1.29. The molecule has 0 aliphatic rings. The van der Waals surface area contributed by atoms with Gasteiger partial charge in [0.05, 0.1) is 6.33 Å². The molecule has 0 amide bonds. The summed E-state index contributed by atoms with van der Waals surface area (Å²) in [6, 6.07) is 7.30. The first-order valence-corrected chi connectivity index (χ1v) is 5.70. The van der Waals surface area contributed by atoms with Gasteiger partial charge < -0.3 is 15.5 Å². The molecule has 1 aromatic heterocycles. The molecule has 6 heteroatoms. The first kappa shape index (κ1) is 11.8. The van der Waals surface area contributed by atoms with E-state index in [1.807, 2.05) is 12.1 Å². The third-order valence-corrected chi connectivity index (χ3v) is 2.81. The second-order valence-electron chi connectivity index (χ2n) is 3.30. The van der Waals surface area contributed by atoms with Crippen LogP contribution in [-0.4, -0.2) is 9.97 Å². The van der Waals surface area contributed by atoms with Gasteiger partial charge in [0.1, 0.15) is 10.2 Å². The number of aromatic nitrogens is 2. The van der Waals surface area contributed by atoms with Crippen molar-refractivity contribution in [3.63, 3.8) is 0 Å². The number of aromatic amines is 1. The Morgan fingerprint density at radius 3 is 3.06 bits per heavy atom. The summed E-state index contributed by atoms with van der Waals surface area (Å²) in [4.78, 5) is 17.7. The van der Waals surface area contributed by atoms with Gasteiger partial charge in [0, 0.05) is 6.54 Å². The van der Waals surface area contributed by atoms with Crippen LogP contribution in [-0.2, 0) is 6.54 Å². The maximum absolute atomic E-state index is 11.3. The molecule has 0 spiro atoms. The van der Waals surface area contributed by atoms with Crippen molar-refractivity contribution in [3.8, 4) is 11.6 Å². The van der Waals surface area contributed by atoms with Gasteiger partial charge in [-0.3, -0.25) is 4.79 Å². The summed E-state index contributed by atoms with van der Waals surface area (Å²) in [6.45, 7) is 0.432. The smallest absolute Gasteiger partial charge is 0.268 e. The van der Waals surface area contributed by atoms with Crippen molar-refractivity contribution in [3.05, 3.63) is 51.0 Å². The predicted molar refractivity (Wildman–Crippen MR) is 67.0 cm³/mol. The molecule has 0 unspecified atom stereocenters. The lowest BCUT2D eigenvalue weighted by Gasteiger charge is -2.06. The van der Waals surface area contributed by atoms with Crippen LogP contribution in [0.5, 0.6) is 11.6 Å². The average Bonchev–Trinajstić information content (AvgIpc) is 2.35. The van der Waals surface area contributed by atoms with Crippen molar-refractivity contribution in [2.24, 2.45) is 5.73 Å². The van der Waals surface area contributed by atoms with Crippen LogP contribution in [0.15, 0.2) is 39.9 Å². The lowest BCUT2D eigenvalue weighted by Crippen LogP contribution is -2.08. The molecule has 5 nitrogen and oxygen atoms in total. The Hall–Kier alpha value is -1.66. The highest BCUT2D eigenvalue weighted by molar-refractivity contribution is 9.10. The van der Waals surface area contributed by atoms with Crippen LogP contribution >= 0.6 is 15.9 Å². The molecule has 1 aromatic carbocycles. The normalized spacial score (nSPS) is 10.2. The molecule has 0 saturated heterocycles. The van der Waals surface area contributed by atoms with Crippen molar-refractivity contribution in [2.75, 3.05) is 0 Å². The summed E-state index contributed by atoms with van der Waals surface area (Å²) in [7, 11) is 0. The van der Waals surface area contributed by atoms with Crippen LogP contribution in [0.1, 0.15) is 5.56 Å². The number of hydrogen-bond acceptors (Lipinski definition) is 4. The van der Waals surface area contributed by atoms with E-state index >= 15 is 0 Å². The van der Waals surface area contributed by atoms with Gasteiger partial charge >= 0.3 is 0 Å². The highest BCUT2D eigenvalue weighted by Gasteiger charge is 2.07. The van der Waals surface area contributed by atoms with Crippen molar-refractivity contribution < 1.29 is 4.74 Å². The number of hydrogen-bond donors (Lipinski definition) is 2. The number of nitrogens with two attached hydrogens (primary N) is 1. The van der Waals surface area contributed by atoms with Crippen molar-refractivity contribution >= 4 is 15.9 Å². The van der Waals surface area contributed by atoms with Gasteiger partial charge in [-0.2, -0.15) is 0 Å². The number of nitrogens with zero attached hydrogens (tertiary/aromatic N) is 1. The van der Waals surface area contributed by atoms with E-state index in [1.54, 1.807) is 12.1 Å². The molecule has 0 bridgehead atoms. The molecule has 0 aliphatic carbocycles. The van der Waals surface area contributed by atoms with Crippen LogP contribution in [0.25, 0.3) is 0 Å². The van der Waals surface area contributed by atoms with E-state index in [9.17, 15) is 4.79 Å². The number of rotatable bonds is 3.